The van der Waals surface area contributed by atoms with Gasteiger partial charge in [0.2, 0.25) is 5.95 Å². The Balaban J connectivity index is 1.60. The molecule has 3 N–H and O–H groups in total. The molecule has 0 spiro atoms. The molecule has 0 aliphatic carbocycles. The number of hydrogen-bond acceptors (Lipinski definition) is 7. The van der Waals surface area contributed by atoms with Gasteiger partial charge in [0.15, 0.2) is 5.65 Å². The van der Waals surface area contributed by atoms with Crippen LogP contribution in [0.5, 0.6) is 0 Å². The van der Waals surface area contributed by atoms with Gasteiger partial charge in [0.05, 0.1) is 23.9 Å². The highest BCUT2D eigenvalue weighted by atomic mass is 16.3. The lowest BCUT2D eigenvalue weighted by atomic mass is 10.0. The zero-order valence-electron chi connectivity index (χ0n) is 14.4. The summed E-state index contributed by atoms with van der Waals surface area (Å²) in [4.78, 5) is 11.3. The average molecular weight is 342 g/mol. The van der Waals surface area contributed by atoms with Crippen LogP contribution in [0.3, 0.4) is 0 Å². The normalized spacial score (nSPS) is 19.0. The molecule has 3 aromatic heterocycles. The molecule has 1 aliphatic heterocycles. The average Bonchev–Trinajstić information content (AvgIpc) is 3.29. The molecule has 1 aliphatic rings. The van der Waals surface area contributed by atoms with Crippen molar-refractivity contribution < 1.29 is 5.11 Å². The molecule has 2 unspecified atom stereocenters. The van der Waals surface area contributed by atoms with E-state index >= 15 is 0 Å². The number of rotatable bonds is 4. The summed E-state index contributed by atoms with van der Waals surface area (Å²) in [5.41, 5.74) is 7.64. The van der Waals surface area contributed by atoms with Crippen molar-refractivity contribution in [2.24, 2.45) is 14.1 Å². The summed E-state index contributed by atoms with van der Waals surface area (Å²) in [6.45, 7) is 0.854. The van der Waals surface area contributed by atoms with Gasteiger partial charge < -0.3 is 15.7 Å². The Morgan fingerprint density at radius 3 is 2.88 bits per heavy atom. The Morgan fingerprint density at radius 1 is 1.28 bits per heavy atom. The minimum Gasteiger partial charge on any atom is -0.388 e. The summed E-state index contributed by atoms with van der Waals surface area (Å²) < 4.78 is 3.40. The Labute approximate surface area is 145 Å². The summed E-state index contributed by atoms with van der Waals surface area (Å²) in [5.74, 6) is 1.04. The van der Waals surface area contributed by atoms with Crippen LogP contribution in [-0.4, -0.2) is 47.2 Å². The van der Waals surface area contributed by atoms with Crippen molar-refractivity contribution in [1.82, 2.24) is 29.5 Å². The van der Waals surface area contributed by atoms with Gasteiger partial charge in [-0.1, -0.05) is 0 Å². The third-order valence-corrected chi connectivity index (χ3v) is 4.85. The first-order chi connectivity index (χ1) is 12.0. The van der Waals surface area contributed by atoms with Gasteiger partial charge in [0.1, 0.15) is 5.82 Å². The topological polar surface area (TPSA) is 111 Å². The monoisotopic (exact) mass is 342 g/mol. The molecule has 0 saturated carbocycles. The van der Waals surface area contributed by atoms with E-state index in [4.69, 9.17) is 5.73 Å². The molecule has 25 heavy (non-hydrogen) atoms. The molecule has 3 aromatic rings. The Morgan fingerprint density at radius 2 is 2.12 bits per heavy atom. The third-order valence-electron chi connectivity index (χ3n) is 4.85. The molecule has 2 atom stereocenters. The molecular formula is C16H22N8O. The molecule has 4 rings (SSSR count). The van der Waals surface area contributed by atoms with Crippen LogP contribution in [0.25, 0.3) is 11.0 Å². The van der Waals surface area contributed by atoms with Crippen molar-refractivity contribution >= 4 is 22.8 Å². The Hall–Kier alpha value is -2.68. The van der Waals surface area contributed by atoms with Crippen molar-refractivity contribution in [3.05, 3.63) is 24.2 Å². The number of aromatic nitrogens is 6. The first-order valence-electron chi connectivity index (χ1n) is 8.41. The predicted molar refractivity (Wildman–Crippen MR) is 93.9 cm³/mol. The smallest absolute Gasteiger partial charge is 0.229 e. The lowest BCUT2D eigenvalue weighted by Crippen LogP contribution is -2.32. The van der Waals surface area contributed by atoms with E-state index in [0.29, 0.717) is 18.2 Å². The fraction of sp³-hybridized carbons (Fsp3) is 0.500. The molecule has 0 amide bonds. The van der Waals surface area contributed by atoms with Gasteiger partial charge in [-0.05, 0) is 19.3 Å². The van der Waals surface area contributed by atoms with Gasteiger partial charge in [-0.3, -0.25) is 9.36 Å². The molecule has 9 nitrogen and oxygen atoms in total. The summed E-state index contributed by atoms with van der Waals surface area (Å²) in [6.07, 6.45) is 7.32. The highest BCUT2D eigenvalue weighted by Crippen LogP contribution is 2.31. The SMILES string of the molecule is Cn1cc(C(O)CC2CCCN2c2nc(N)c3cnn(C)c3n2)cn1. The summed E-state index contributed by atoms with van der Waals surface area (Å²) >= 11 is 0. The third kappa shape index (κ3) is 2.80. The second-order valence-electron chi connectivity index (χ2n) is 6.60. The van der Waals surface area contributed by atoms with Gasteiger partial charge in [0.25, 0.3) is 0 Å². The van der Waals surface area contributed by atoms with Crippen LogP contribution in [0, 0.1) is 0 Å². The Bertz CT molecular complexity index is 901. The molecule has 0 bridgehead atoms. The van der Waals surface area contributed by atoms with Gasteiger partial charge in [-0.15, -0.1) is 0 Å². The number of aliphatic hydroxyl groups is 1. The fourth-order valence-electron chi connectivity index (χ4n) is 3.51. The van der Waals surface area contributed by atoms with Crippen LogP contribution < -0.4 is 10.6 Å². The second kappa shape index (κ2) is 5.99. The van der Waals surface area contributed by atoms with Crippen molar-refractivity contribution in [3.63, 3.8) is 0 Å². The molecule has 1 saturated heterocycles. The zero-order chi connectivity index (χ0) is 17.6. The zero-order valence-corrected chi connectivity index (χ0v) is 14.4. The second-order valence-corrected chi connectivity index (χ2v) is 6.60. The maximum Gasteiger partial charge on any atom is 0.229 e. The van der Waals surface area contributed by atoms with E-state index in [1.54, 1.807) is 21.8 Å². The van der Waals surface area contributed by atoms with Crippen LogP contribution in [0.15, 0.2) is 18.6 Å². The highest BCUT2D eigenvalue weighted by Gasteiger charge is 2.30. The lowest BCUT2D eigenvalue weighted by molar-refractivity contribution is 0.158. The largest absolute Gasteiger partial charge is 0.388 e. The molecule has 0 radical (unpaired) electrons. The van der Waals surface area contributed by atoms with E-state index < -0.39 is 6.10 Å². The van der Waals surface area contributed by atoms with E-state index in [9.17, 15) is 5.11 Å². The number of nitrogens with two attached hydrogens (primary N) is 1. The van der Waals surface area contributed by atoms with Crippen LogP contribution in [0.2, 0.25) is 0 Å². The van der Waals surface area contributed by atoms with Crippen LogP contribution in [0.1, 0.15) is 30.9 Å². The minimum atomic E-state index is -0.558. The van der Waals surface area contributed by atoms with E-state index in [0.717, 1.165) is 36.0 Å². The fourth-order valence-corrected chi connectivity index (χ4v) is 3.51. The van der Waals surface area contributed by atoms with Gasteiger partial charge in [0, 0.05) is 38.4 Å². The number of aryl methyl sites for hydroxylation is 2. The van der Waals surface area contributed by atoms with Gasteiger partial charge >= 0.3 is 0 Å². The molecule has 132 valence electrons. The van der Waals surface area contributed by atoms with Crippen LogP contribution >= 0.6 is 0 Å². The van der Waals surface area contributed by atoms with Crippen molar-refractivity contribution in [2.45, 2.75) is 31.4 Å². The summed E-state index contributed by atoms with van der Waals surface area (Å²) in [6, 6.07) is 0.167. The Kier molecular flexibility index (Phi) is 3.79. The molecule has 4 heterocycles. The van der Waals surface area contributed by atoms with E-state index in [1.165, 1.54) is 0 Å². The highest BCUT2D eigenvalue weighted by molar-refractivity contribution is 5.86. The molecule has 1 fully saturated rings. The summed E-state index contributed by atoms with van der Waals surface area (Å²) in [5, 5.41) is 19.6. The first kappa shape index (κ1) is 15.8. The molecule has 0 aromatic carbocycles. The van der Waals surface area contributed by atoms with Crippen molar-refractivity contribution in [3.8, 4) is 0 Å². The van der Waals surface area contributed by atoms with E-state index in [-0.39, 0.29) is 6.04 Å². The van der Waals surface area contributed by atoms with E-state index in [1.807, 2.05) is 20.3 Å². The van der Waals surface area contributed by atoms with Gasteiger partial charge in [-0.2, -0.15) is 20.2 Å². The van der Waals surface area contributed by atoms with Crippen LogP contribution in [0.4, 0.5) is 11.8 Å². The number of aliphatic hydroxyl groups excluding tert-OH is 1. The van der Waals surface area contributed by atoms with E-state index in [2.05, 4.69) is 25.1 Å². The number of hydrogen-bond donors (Lipinski definition) is 2. The predicted octanol–water partition coefficient (Wildman–Crippen LogP) is 0.771. The van der Waals surface area contributed by atoms with Gasteiger partial charge in [-0.25, -0.2) is 0 Å². The quantitative estimate of drug-likeness (QED) is 0.720. The number of nitrogen functional groups attached to an aromatic ring is 1. The molecule has 9 heteroatoms. The number of anilines is 2. The minimum absolute atomic E-state index is 0.167. The standard InChI is InChI=1S/C16H22N8O/c1-22-9-10(7-18-22)13(25)6-11-4-3-5-24(11)16-20-14(17)12-8-19-23(2)15(12)21-16/h7-9,11,13,25H,3-6H2,1-2H3,(H2,17,20,21). The lowest BCUT2D eigenvalue weighted by Gasteiger charge is -2.26. The number of nitrogens with zero attached hydrogens (tertiary/aromatic N) is 7. The first-order valence-corrected chi connectivity index (χ1v) is 8.41. The maximum atomic E-state index is 10.5. The van der Waals surface area contributed by atoms with Crippen molar-refractivity contribution in [2.75, 3.05) is 17.2 Å². The van der Waals surface area contributed by atoms with Crippen molar-refractivity contribution in [1.29, 1.82) is 0 Å². The summed E-state index contributed by atoms with van der Waals surface area (Å²) in [7, 11) is 3.68. The maximum absolute atomic E-state index is 10.5. The molecular weight excluding hydrogens is 320 g/mol. The number of fused-ring (bicyclic) bond motifs is 1. The van der Waals surface area contributed by atoms with Crippen LogP contribution in [-0.2, 0) is 14.1 Å².